The van der Waals surface area contributed by atoms with E-state index >= 15 is 0 Å². The molecule has 6 heteroatoms. The zero-order chi connectivity index (χ0) is 15.6. The zero-order valence-electron chi connectivity index (χ0n) is 13.3. The second-order valence-corrected chi connectivity index (χ2v) is 5.90. The molecule has 22 heavy (non-hydrogen) atoms. The molecule has 0 spiro atoms. The Kier molecular flexibility index (Phi) is 6.96. The van der Waals surface area contributed by atoms with E-state index in [1.807, 2.05) is 17.5 Å². The van der Waals surface area contributed by atoms with Crippen LogP contribution < -0.4 is 10.6 Å². The monoisotopic (exact) mass is 320 g/mol. The van der Waals surface area contributed by atoms with Gasteiger partial charge in [-0.2, -0.15) is 0 Å². The lowest BCUT2D eigenvalue weighted by Crippen LogP contribution is -2.37. The number of thiophene rings is 1. The summed E-state index contributed by atoms with van der Waals surface area (Å²) in [5.74, 6) is 1.50. The number of rotatable bonds is 8. The van der Waals surface area contributed by atoms with Gasteiger partial charge < -0.3 is 15.1 Å². The van der Waals surface area contributed by atoms with Crippen LogP contribution in [-0.2, 0) is 6.54 Å². The maximum absolute atomic E-state index is 5.50. The van der Waals surface area contributed by atoms with Gasteiger partial charge in [0.05, 0.1) is 11.4 Å². The fourth-order valence-electron chi connectivity index (χ4n) is 1.98. The second-order valence-electron chi connectivity index (χ2n) is 4.95. The normalized spacial score (nSPS) is 11.6. The first-order valence-electron chi connectivity index (χ1n) is 7.84. The molecule has 0 aliphatic carbocycles. The highest BCUT2D eigenvalue weighted by atomic mass is 32.1. The van der Waals surface area contributed by atoms with Gasteiger partial charge in [0.15, 0.2) is 5.96 Å². The van der Waals surface area contributed by atoms with Gasteiger partial charge in [0.1, 0.15) is 12.0 Å². The largest absolute Gasteiger partial charge is 0.443 e. The molecular weight excluding hydrogens is 296 g/mol. The van der Waals surface area contributed by atoms with E-state index in [1.54, 1.807) is 17.6 Å². The molecule has 0 unspecified atom stereocenters. The zero-order valence-corrected chi connectivity index (χ0v) is 14.1. The number of unbranched alkanes of at least 4 members (excludes halogenated alkanes) is 2. The van der Waals surface area contributed by atoms with Crippen LogP contribution in [0.4, 0.5) is 0 Å². The van der Waals surface area contributed by atoms with E-state index in [9.17, 15) is 0 Å². The van der Waals surface area contributed by atoms with E-state index in [0.29, 0.717) is 12.4 Å². The van der Waals surface area contributed by atoms with Crippen molar-refractivity contribution >= 4 is 17.3 Å². The van der Waals surface area contributed by atoms with Crippen LogP contribution in [0.2, 0.25) is 0 Å². The highest BCUT2D eigenvalue weighted by Crippen LogP contribution is 2.23. The SMILES string of the molecule is CCCCCNC(=NCc1coc(-c2cccs2)n1)NCC. The highest BCUT2D eigenvalue weighted by Gasteiger charge is 2.07. The van der Waals surface area contributed by atoms with Crippen molar-refractivity contribution in [2.24, 2.45) is 4.99 Å². The molecule has 0 atom stereocenters. The van der Waals surface area contributed by atoms with Crippen LogP contribution in [0.1, 0.15) is 38.8 Å². The van der Waals surface area contributed by atoms with Gasteiger partial charge in [-0.3, -0.25) is 0 Å². The summed E-state index contributed by atoms with van der Waals surface area (Å²) < 4.78 is 5.50. The fourth-order valence-corrected chi connectivity index (χ4v) is 2.63. The first kappa shape index (κ1) is 16.5. The minimum Gasteiger partial charge on any atom is -0.443 e. The third kappa shape index (κ3) is 5.18. The third-order valence-corrected chi connectivity index (χ3v) is 3.96. The molecule has 0 aliphatic rings. The molecule has 2 aromatic rings. The van der Waals surface area contributed by atoms with Gasteiger partial charge in [0.25, 0.3) is 0 Å². The lowest BCUT2D eigenvalue weighted by Gasteiger charge is -2.10. The van der Waals surface area contributed by atoms with Crippen molar-refractivity contribution in [2.45, 2.75) is 39.7 Å². The van der Waals surface area contributed by atoms with Gasteiger partial charge in [-0.05, 0) is 24.8 Å². The Balaban J connectivity index is 1.89. The number of aromatic nitrogens is 1. The molecule has 120 valence electrons. The quantitative estimate of drug-likeness (QED) is 0.443. The van der Waals surface area contributed by atoms with E-state index in [1.165, 1.54) is 12.8 Å². The molecule has 0 saturated heterocycles. The number of hydrogen-bond donors (Lipinski definition) is 2. The minimum atomic E-state index is 0.512. The predicted molar refractivity (Wildman–Crippen MR) is 92.2 cm³/mol. The first-order valence-corrected chi connectivity index (χ1v) is 8.72. The van der Waals surface area contributed by atoms with Gasteiger partial charge in [0, 0.05) is 13.1 Å². The van der Waals surface area contributed by atoms with Crippen LogP contribution >= 0.6 is 11.3 Å². The topological polar surface area (TPSA) is 62.5 Å². The molecule has 0 fully saturated rings. The average Bonchev–Trinajstić information content (AvgIpc) is 3.19. The van der Waals surface area contributed by atoms with Crippen LogP contribution in [0, 0.1) is 0 Å². The molecular formula is C16H24N4OS. The Labute approximate surface area is 135 Å². The molecule has 2 aromatic heterocycles. The van der Waals surface area contributed by atoms with Crippen molar-refractivity contribution < 1.29 is 4.42 Å². The molecule has 0 amide bonds. The van der Waals surface area contributed by atoms with E-state index < -0.39 is 0 Å². The summed E-state index contributed by atoms with van der Waals surface area (Å²) in [6.07, 6.45) is 5.30. The Hall–Kier alpha value is -1.82. The van der Waals surface area contributed by atoms with Crippen LogP contribution in [-0.4, -0.2) is 24.0 Å². The minimum absolute atomic E-state index is 0.512. The summed E-state index contributed by atoms with van der Waals surface area (Å²) in [6, 6.07) is 3.99. The predicted octanol–water partition coefficient (Wildman–Crippen LogP) is 3.65. The van der Waals surface area contributed by atoms with Crippen molar-refractivity contribution in [1.82, 2.24) is 15.6 Å². The summed E-state index contributed by atoms with van der Waals surface area (Å²) in [6.45, 7) is 6.57. The Bertz CT molecular complexity index is 562. The second kappa shape index (κ2) is 9.25. The lowest BCUT2D eigenvalue weighted by atomic mass is 10.2. The summed E-state index contributed by atoms with van der Waals surface area (Å²) in [4.78, 5) is 10.1. The van der Waals surface area contributed by atoms with Crippen LogP contribution in [0.15, 0.2) is 33.2 Å². The Morgan fingerprint density at radius 1 is 1.32 bits per heavy atom. The average molecular weight is 320 g/mol. The van der Waals surface area contributed by atoms with Gasteiger partial charge in [-0.1, -0.05) is 25.8 Å². The molecule has 0 radical (unpaired) electrons. The molecule has 2 rings (SSSR count). The van der Waals surface area contributed by atoms with E-state index in [0.717, 1.165) is 36.0 Å². The summed E-state index contributed by atoms with van der Waals surface area (Å²) >= 11 is 1.62. The fraction of sp³-hybridized carbons (Fsp3) is 0.500. The van der Waals surface area contributed by atoms with Crippen molar-refractivity contribution in [3.8, 4) is 10.8 Å². The number of nitrogens with zero attached hydrogens (tertiary/aromatic N) is 2. The van der Waals surface area contributed by atoms with E-state index in [4.69, 9.17) is 4.42 Å². The van der Waals surface area contributed by atoms with Gasteiger partial charge in [-0.15, -0.1) is 11.3 Å². The Morgan fingerprint density at radius 2 is 2.23 bits per heavy atom. The van der Waals surface area contributed by atoms with Gasteiger partial charge in [-0.25, -0.2) is 9.98 Å². The third-order valence-electron chi connectivity index (χ3n) is 3.10. The number of hydrogen-bond acceptors (Lipinski definition) is 4. The van der Waals surface area contributed by atoms with Gasteiger partial charge in [0.2, 0.25) is 5.89 Å². The summed E-state index contributed by atoms with van der Waals surface area (Å²) in [5, 5.41) is 8.60. The smallest absolute Gasteiger partial charge is 0.236 e. The van der Waals surface area contributed by atoms with Crippen molar-refractivity contribution in [1.29, 1.82) is 0 Å². The van der Waals surface area contributed by atoms with E-state index in [-0.39, 0.29) is 0 Å². The maximum Gasteiger partial charge on any atom is 0.236 e. The number of oxazole rings is 1. The summed E-state index contributed by atoms with van der Waals surface area (Å²) in [7, 11) is 0. The molecule has 5 nitrogen and oxygen atoms in total. The summed E-state index contributed by atoms with van der Waals surface area (Å²) in [5.41, 5.74) is 0.842. The number of aliphatic imine (C=N–C) groups is 1. The van der Waals surface area contributed by atoms with Gasteiger partial charge >= 0.3 is 0 Å². The van der Waals surface area contributed by atoms with Crippen LogP contribution in [0.5, 0.6) is 0 Å². The molecule has 0 bridgehead atoms. The molecule has 0 saturated carbocycles. The molecule has 2 heterocycles. The molecule has 0 aliphatic heterocycles. The van der Waals surface area contributed by atoms with Crippen molar-refractivity contribution in [2.75, 3.05) is 13.1 Å². The van der Waals surface area contributed by atoms with Crippen molar-refractivity contribution in [3.63, 3.8) is 0 Å². The van der Waals surface area contributed by atoms with Crippen molar-refractivity contribution in [3.05, 3.63) is 29.5 Å². The number of nitrogens with one attached hydrogen (secondary N) is 2. The Morgan fingerprint density at radius 3 is 2.95 bits per heavy atom. The first-order chi connectivity index (χ1) is 10.8. The molecule has 2 N–H and O–H groups in total. The van der Waals surface area contributed by atoms with E-state index in [2.05, 4.69) is 34.5 Å². The lowest BCUT2D eigenvalue weighted by molar-refractivity contribution is 0.574. The standard InChI is InChI=1S/C16H24N4OS/c1-3-5-6-9-18-16(17-4-2)19-11-13-12-21-15(20-13)14-8-7-10-22-14/h7-8,10,12H,3-6,9,11H2,1-2H3,(H2,17,18,19). The van der Waals surface area contributed by atoms with Crippen LogP contribution in [0.3, 0.4) is 0 Å². The number of guanidine groups is 1. The van der Waals surface area contributed by atoms with Crippen LogP contribution in [0.25, 0.3) is 10.8 Å². The maximum atomic E-state index is 5.50. The molecule has 0 aromatic carbocycles. The highest BCUT2D eigenvalue weighted by molar-refractivity contribution is 7.13.